The minimum atomic E-state index is -0.423. The third-order valence-electron chi connectivity index (χ3n) is 2.15. The maximum atomic E-state index is 11.4. The summed E-state index contributed by atoms with van der Waals surface area (Å²) >= 11 is 3.34. The summed E-state index contributed by atoms with van der Waals surface area (Å²) in [4.78, 5) is 11.4. The molecule has 0 unspecified atom stereocenters. The van der Waals surface area contributed by atoms with Crippen molar-refractivity contribution in [2.24, 2.45) is 0 Å². The Kier molecular flexibility index (Phi) is 2.96. The number of hydrogen-bond acceptors (Lipinski definition) is 3. The third kappa shape index (κ3) is 2.09. The quantitative estimate of drug-likeness (QED) is 0.851. The largest absolute Gasteiger partial charge is 0.437 e. The Balaban J connectivity index is 2.45. The summed E-state index contributed by atoms with van der Waals surface area (Å²) in [5.74, 6) is -0.0703. The topological polar surface area (TPSA) is 48.0 Å². The molecule has 0 amide bonds. The molecule has 0 aliphatic heterocycles. The van der Waals surface area contributed by atoms with Crippen LogP contribution >= 0.6 is 15.9 Å². The molecule has 0 saturated carbocycles. The van der Waals surface area contributed by atoms with Gasteiger partial charge in [0.25, 0.3) is 0 Å². The van der Waals surface area contributed by atoms with E-state index in [1.807, 2.05) is 38.1 Å². The van der Waals surface area contributed by atoms with E-state index in [2.05, 4.69) is 21.0 Å². The minimum Gasteiger partial charge on any atom is -0.388 e. The van der Waals surface area contributed by atoms with Crippen LogP contribution in [0.4, 0.5) is 0 Å². The Bertz CT molecular complexity index is 540. The standard InChI is InChI=1S/C11H11BrN2O2/c1-7(2)14-11(15)16-10(13-14)8-3-5-9(12)6-4-8/h3-7H,1-2H3. The van der Waals surface area contributed by atoms with E-state index >= 15 is 0 Å². The molecule has 0 aliphatic carbocycles. The van der Waals surface area contributed by atoms with E-state index in [0.29, 0.717) is 5.89 Å². The van der Waals surface area contributed by atoms with Gasteiger partial charge < -0.3 is 4.42 Å². The molecule has 0 N–H and O–H groups in total. The van der Waals surface area contributed by atoms with Crippen LogP contribution in [0.1, 0.15) is 19.9 Å². The lowest BCUT2D eigenvalue weighted by Gasteiger charge is -1.99. The molecule has 1 aromatic carbocycles. The predicted molar refractivity (Wildman–Crippen MR) is 64.3 cm³/mol. The van der Waals surface area contributed by atoms with Gasteiger partial charge in [-0.2, -0.15) is 4.68 Å². The smallest absolute Gasteiger partial charge is 0.388 e. The summed E-state index contributed by atoms with van der Waals surface area (Å²) in [6.07, 6.45) is 0. The average molecular weight is 283 g/mol. The molecule has 0 atom stereocenters. The summed E-state index contributed by atoms with van der Waals surface area (Å²) in [6.45, 7) is 3.77. The molecule has 0 aliphatic rings. The normalized spacial score (nSPS) is 11.0. The second kappa shape index (κ2) is 4.25. The number of halogens is 1. The zero-order chi connectivity index (χ0) is 11.7. The van der Waals surface area contributed by atoms with Gasteiger partial charge in [-0.25, -0.2) is 4.79 Å². The first-order chi connectivity index (χ1) is 7.58. The molecule has 5 heteroatoms. The number of benzene rings is 1. The Hall–Kier alpha value is -1.36. The van der Waals surface area contributed by atoms with Crippen molar-refractivity contribution in [3.05, 3.63) is 39.3 Å². The van der Waals surface area contributed by atoms with Gasteiger partial charge in [0.15, 0.2) is 0 Å². The van der Waals surface area contributed by atoms with Crippen LogP contribution in [-0.4, -0.2) is 9.78 Å². The van der Waals surface area contributed by atoms with Crippen LogP contribution in [0.15, 0.2) is 37.9 Å². The van der Waals surface area contributed by atoms with Crippen LogP contribution in [0.5, 0.6) is 0 Å². The SMILES string of the molecule is CC(C)n1nc(-c2ccc(Br)cc2)oc1=O. The molecule has 0 fully saturated rings. The van der Waals surface area contributed by atoms with Crippen LogP contribution in [0, 0.1) is 0 Å². The van der Waals surface area contributed by atoms with Gasteiger partial charge in [-0.1, -0.05) is 15.9 Å². The Morgan fingerprint density at radius 3 is 2.44 bits per heavy atom. The molecule has 1 aromatic heterocycles. The molecular formula is C11H11BrN2O2. The maximum Gasteiger partial charge on any atom is 0.437 e. The van der Waals surface area contributed by atoms with E-state index in [1.54, 1.807) is 0 Å². The molecule has 0 spiro atoms. The van der Waals surface area contributed by atoms with Crippen LogP contribution < -0.4 is 5.76 Å². The van der Waals surface area contributed by atoms with Gasteiger partial charge in [0, 0.05) is 10.0 Å². The third-order valence-corrected chi connectivity index (χ3v) is 2.68. The van der Waals surface area contributed by atoms with Crippen molar-refractivity contribution < 1.29 is 4.42 Å². The van der Waals surface area contributed by atoms with Crippen molar-refractivity contribution >= 4 is 15.9 Å². The fourth-order valence-electron chi connectivity index (χ4n) is 1.32. The highest BCUT2D eigenvalue weighted by Crippen LogP contribution is 2.19. The van der Waals surface area contributed by atoms with E-state index in [0.717, 1.165) is 10.0 Å². The van der Waals surface area contributed by atoms with Crippen LogP contribution in [0.3, 0.4) is 0 Å². The molecular weight excluding hydrogens is 272 g/mol. The maximum absolute atomic E-state index is 11.4. The first kappa shape index (κ1) is 11.1. The lowest BCUT2D eigenvalue weighted by molar-refractivity contribution is 0.449. The van der Waals surface area contributed by atoms with Crippen LogP contribution in [0.25, 0.3) is 11.5 Å². The first-order valence-electron chi connectivity index (χ1n) is 4.93. The highest BCUT2D eigenvalue weighted by molar-refractivity contribution is 9.10. The Morgan fingerprint density at radius 1 is 1.31 bits per heavy atom. The Labute approximate surface area is 101 Å². The van der Waals surface area contributed by atoms with Crippen molar-refractivity contribution in [3.63, 3.8) is 0 Å². The van der Waals surface area contributed by atoms with Crippen molar-refractivity contribution in [1.29, 1.82) is 0 Å². The van der Waals surface area contributed by atoms with Crippen LogP contribution in [0.2, 0.25) is 0 Å². The number of nitrogens with zero attached hydrogens (tertiary/aromatic N) is 2. The van der Waals surface area contributed by atoms with Gasteiger partial charge in [0.2, 0.25) is 5.89 Å². The minimum absolute atomic E-state index is 0.000415. The number of hydrogen-bond donors (Lipinski definition) is 0. The second-order valence-electron chi connectivity index (χ2n) is 3.72. The van der Waals surface area contributed by atoms with Gasteiger partial charge in [0.1, 0.15) is 0 Å². The monoisotopic (exact) mass is 282 g/mol. The summed E-state index contributed by atoms with van der Waals surface area (Å²) < 4.78 is 7.39. The highest BCUT2D eigenvalue weighted by atomic mass is 79.9. The fourth-order valence-corrected chi connectivity index (χ4v) is 1.59. The van der Waals surface area contributed by atoms with Crippen molar-refractivity contribution in [3.8, 4) is 11.5 Å². The van der Waals surface area contributed by atoms with Gasteiger partial charge in [-0.15, -0.1) is 5.10 Å². The van der Waals surface area contributed by atoms with E-state index in [4.69, 9.17) is 4.42 Å². The predicted octanol–water partition coefficient (Wildman–Crippen LogP) is 2.85. The van der Waals surface area contributed by atoms with Gasteiger partial charge in [0.05, 0.1) is 6.04 Å². The van der Waals surface area contributed by atoms with E-state index in [1.165, 1.54) is 4.68 Å². The molecule has 16 heavy (non-hydrogen) atoms. The summed E-state index contributed by atoms with van der Waals surface area (Å²) in [6, 6.07) is 7.45. The van der Waals surface area contributed by atoms with E-state index < -0.39 is 5.76 Å². The lowest BCUT2D eigenvalue weighted by Crippen LogP contribution is -2.17. The zero-order valence-corrected chi connectivity index (χ0v) is 10.6. The fraction of sp³-hybridized carbons (Fsp3) is 0.273. The van der Waals surface area contributed by atoms with Crippen molar-refractivity contribution in [2.45, 2.75) is 19.9 Å². The summed E-state index contributed by atoms with van der Waals surface area (Å²) in [7, 11) is 0. The van der Waals surface area contributed by atoms with Crippen molar-refractivity contribution in [2.75, 3.05) is 0 Å². The molecule has 0 bridgehead atoms. The van der Waals surface area contributed by atoms with E-state index in [9.17, 15) is 4.79 Å². The Morgan fingerprint density at radius 2 is 1.94 bits per heavy atom. The molecule has 2 rings (SSSR count). The molecule has 2 aromatic rings. The van der Waals surface area contributed by atoms with Crippen molar-refractivity contribution in [1.82, 2.24) is 9.78 Å². The zero-order valence-electron chi connectivity index (χ0n) is 8.98. The molecule has 4 nitrogen and oxygen atoms in total. The number of rotatable bonds is 2. The molecule has 0 radical (unpaired) electrons. The molecule has 84 valence electrons. The second-order valence-corrected chi connectivity index (χ2v) is 4.63. The lowest BCUT2D eigenvalue weighted by atomic mass is 10.2. The van der Waals surface area contributed by atoms with Crippen LogP contribution in [-0.2, 0) is 0 Å². The number of aromatic nitrogens is 2. The highest BCUT2D eigenvalue weighted by Gasteiger charge is 2.11. The van der Waals surface area contributed by atoms with Gasteiger partial charge in [-0.05, 0) is 38.1 Å². The summed E-state index contributed by atoms with van der Waals surface area (Å²) in [5, 5.41) is 4.13. The van der Waals surface area contributed by atoms with E-state index in [-0.39, 0.29) is 6.04 Å². The van der Waals surface area contributed by atoms with Gasteiger partial charge in [-0.3, -0.25) is 0 Å². The average Bonchev–Trinajstić information content (AvgIpc) is 2.61. The summed E-state index contributed by atoms with van der Waals surface area (Å²) in [5.41, 5.74) is 0.791. The van der Waals surface area contributed by atoms with Gasteiger partial charge >= 0.3 is 5.76 Å². The first-order valence-corrected chi connectivity index (χ1v) is 5.73. The molecule has 0 saturated heterocycles. The molecule has 1 heterocycles.